The molecule has 0 fully saturated rings. The maximum absolute atomic E-state index is 8.77. The van der Waals surface area contributed by atoms with Crippen LogP contribution in [-0.2, 0) is 0 Å². The van der Waals surface area contributed by atoms with Gasteiger partial charge >= 0.3 is 0 Å². The summed E-state index contributed by atoms with van der Waals surface area (Å²) in [6, 6.07) is 0. The van der Waals surface area contributed by atoms with Gasteiger partial charge in [0.25, 0.3) is 0 Å². The van der Waals surface area contributed by atoms with Gasteiger partial charge in [0.15, 0.2) is 0 Å². The van der Waals surface area contributed by atoms with Crippen molar-refractivity contribution < 1.29 is 5.11 Å². The van der Waals surface area contributed by atoms with Crippen molar-refractivity contribution in [3.05, 3.63) is 0 Å². The highest BCUT2D eigenvalue weighted by molar-refractivity contribution is 4.53. The topological polar surface area (TPSA) is 32.3 Å². The Balaban J connectivity index is 2.99. The van der Waals surface area contributed by atoms with Crippen molar-refractivity contribution in [2.24, 2.45) is 0 Å². The SMILES string of the molecule is CCCCCCCCCCCCNCCCCCCCCCCCCCCCCCCCCO. The van der Waals surface area contributed by atoms with Gasteiger partial charge in [-0.1, -0.05) is 167 Å². The third-order valence-electron chi connectivity index (χ3n) is 7.47. The highest BCUT2D eigenvalue weighted by Gasteiger charge is 1.96. The number of aliphatic hydroxyl groups is 1. The van der Waals surface area contributed by atoms with Crippen LogP contribution in [0.2, 0.25) is 0 Å². The second-order valence-corrected chi connectivity index (χ2v) is 11.0. The molecule has 0 aromatic carbocycles. The van der Waals surface area contributed by atoms with Crippen LogP contribution in [0.4, 0.5) is 0 Å². The minimum Gasteiger partial charge on any atom is -0.396 e. The van der Waals surface area contributed by atoms with Gasteiger partial charge in [-0.2, -0.15) is 0 Å². The molecule has 0 radical (unpaired) electrons. The Morgan fingerprint density at radius 1 is 0.324 bits per heavy atom. The van der Waals surface area contributed by atoms with E-state index >= 15 is 0 Å². The van der Waals surface area contributed by atoms with E-state index in [1.165, 1.54) is 186 Å². The molecule has 0 unspecified atom stereocenters. The quantitative estimate of drug-likeness (QED) is 0.0965. The molecule has 0 saturated carbocycles. The van der Waals surface area contributed by atoms with E-state index in [2.05, 4.69) is 12.2 Å². The van der Waals surface area contributed by atoms with Crippen molar-refractivity contribution in [1.82, 2.24) is 5.32 Å². The Kier molecular flexibility index (Phi) is 32.8. The van der Waals surface area contributed by atoms with Gasteiger partial charge in [0.2, 0.25) is 0 Å². The average Bonchev–Trinajstić information content (AvgIpc) is 2.85. The molecule has 206 valence electrons. The van der Waals surface area contributed by atoms with Gasteiger partial charge in [0, 0.05) is 6.61 Å². The number of aliphatic hydroxyl groups excluding tert-OH is 1. The molecule has 0 aromatic heterocycles. The van der Waals surface area contributed by atoms with Crippen molar-refractivity contribution in [3.63, 3.8) is 0 Å². The largest absolute Gasteiger partial charge is 0.396 e. The number of hydrogen-bond acceptors (Lipinski definition) is 2. The lowest BCUT2D eigenvalue weighted by molar-refractivity contribution is 0.282. The van der Waals surface area contributed by atoms with Gasteiger partial charge in [-0.05, 0) is 32.4 Å². The Bertz CT molecular complexity index is 301. The smallest absolute Gasteiger partial charge is 0.0431 e. The maximum Gasteiger partial charge on any atom is 0.0431 e. The third-order valence-corrected chi connectivity index (χ3v) is 7.47. The monoisotopic (exact) mass is 482 g/mol. The van der Waals surface area contributed by atoms with Crippen molar-refractivity contribution in [2.45, 2.75) is 187 Å². The first-order valence-electron chi connectivity index (χ1n) is 16.2. The molecule has 0 aliphatic heterocycles. The third kappa shape index (κ3) is 31.9. The van der Waals surface area contributed by atoms with Gasteiger partial charge < -0.3 is 10.4 Å². The van der Waals surface area contributed by atoms with Crippen LogP contribution in [0, 0.1) is 0 Å². The molecular formula is C32H67NO. The number of nitrogens with one attached hydrogen (secondary N) is 1. The van der Waals surface area contributed by atoms with Gasteiger partial charge in [-0.3, -0.25) is 0 Å². The summed E-state index contributed by atoms with van der Waals surface area (Å²) in [5.74, 6) is 0. The highest BCUT2D eigenvalue weighted by Crippen LogP contribution is 2.14. The summed E-state index contributed by atoms with van der Waals surface area (Å²) >= 11 is 0. The van der Waals surface area contributed by atoms with E-state index in [1.54, 1.807) is 0 Å². The molecular weight excluding hydrogens is 414 g/mol. The normalized spacial score (nSPS) is 11.5. The summed E-state index contributed by atoms with van der Waals surface area (Å²) in [7, 11) is 0. The lowest BCUT2D eigenvalue weighted by Gasteiger charge is -2.06. The van der Waals surface area contributed by atoms with Crippen LogP contribution in [-0.4, -0.2) is 24.8 Å². The summed E-state index contributed by atoms with van der Waals surface area (Å²) in [6.45, 7) is 5.15. The zero-order valence-electron chi connectivity index (χ0n) is 23.9. The molecule has 0 spiro atoms. The fraction of sp³-hybridized carbons (Fsp3) is 1.00. The van der Waals surface area contributed by atoms with Crippen LogP contribution in [0.3, 0.4) is 0 Å². The summed E-state index contributed by atoms with van der Waals surface area (Å²) < 4.78 is 0. The molecule has 0 amide bonds. The van der Waals surface area contributed by atoms with E-state index < -0.39 is 0 Å². The van der Waals surface area contributed by atoms with Crippen LogP contribution in [0.25, 0.3) is 0 Å². The standard InChI is InChI=1S/C32H67NO/c1-2-3-4-5-6-7-18-21-24-27-30-33-31-28-25-22-19-16-14-12-10-8-9-11-13-15-17-20-23-26-29-32-34/h33-34H,2-32H2,1H3. The summed E-state index contributed by atoms with van der Waals surface area (Å²) in [4.78, 5) is 0. The Morgan fingerprint density at radius 3 is 0.824 bits per heavy atom. The summed E-state index contributed by atoms with van der Waals surface area (Å²) in [5.41, 5.74) is 0. The van der Waals surface area contributed by atoms with Crippen LogP contribution in [0.15, 0.2) is 0 Å². The molecule has 0 bridgehead atoms. The van der Waals surface area contributed by atoms with Crippen molar-refractivity contribution in [3.8, 4) is 0 Å². The first-order chi connectivity index (χ1) is 16.9. The van der Waals surface area contributed by atoms with E-state index in [9.17, 15) is 0 Å². The van der Waals surface area contributed by atoms with E-state index in [0.29, 0.717) is 6.61 Å². The molecule has 34 heavy (non-hydrogen) atoms. The molecule has 0 aliphatic rings. The second-order valence-electron chi connectivity index (χ2n) is 11.0. The molecule has 2 N–H and O–H groups in total. The molecule has 0 saturated heterocycles. The van der Waals surface area contributed by atoms with Crippen LogP contribution < -0.4 is 5.32 Å². The molecule has 2 nitrogen and oxygen atoms in total. The lowest BCUT2D eigenvalue weighted by Crippen LogP contribution is -2.16. The van der Waals surface area contributed by atoms with Crippen LogP contribution in [0.5, 0.6) is 0 Å². The molecule has 0 rings (SSSR count). The second kappa shape index (κ2) is 32.9. The maximum atomic E-state index is 8.77. The van der Waals surface area contributed by atoms with Crippen molar-refractivity contribution in [2.75, 3.05) is 19.7 Å². The fourth-order valence-corrected chi connectivity index (χ4v) is 5.05. The first-order valence-corrected chi connectivity index (χ1v) is 16.2. The first kappa shape index (κ1) is 33.9. The predicted octanol–water partition coefficient (Wildman–Crippen LogP) is 10.5. The number of hydrogen-bond donors (Lipinski definition) is 2. The van der Waals surface area contributed by atoms with E-state index in [0.717, 1.165) is 6.42 Å². The number of rotatable bonds is 31. The predicted molar refractivity (Wildman–Crippen MR) is 155 cm³/mol. The minimum atomic E-state index is 0.372. The summed E-state index contributed by atoms with van der Waals surface area (Å²) in [6.07, 6.45) is 39.4. The summed E-state index contributed by atoms with van der Waals surface area (Å²) in [5, 5.41) is 12.4. The molecule has 0 heterocycles. The minimum absolute atomic E-state index is 0.372. The fourth-order valence-electron chi connectivity index (χ4n) is 5.05. The van der Waals surface area contributed by atoms with Gasteiger partial charge in [-0.15, -0.1) is 0 Å². The molecule has 0 aromatic rings. The number of unbranched alkanes of at least 4 members (excludes halogenated alkanes) is 26. The lowest BCUT2D eigenvalue weighted by atomic mass is 10.0. The van der Waals surface area contributed by atoms with E-state index in [1.807, 2.05) is 0 Å². The van der Waals surface area contributed by atoms with Gasteiger partial charge in [0.05, 0.1) is 0 Å². The molecule has 0 aliphatic carbocycles. The Labute approximate surface area is 216 Å². The molecule has 2 heteroatoms. The Morgan fingerprint density at radius 2 is 0.559 bits per heavy atom. The van der Waals surface area contributed by atoms with Crippen LogP contribution in [0.1, 0.15) is 187 Å². The van der Waals surface area contributed by atoms with Crippen LogP contribution >= 0.6 is 0 Å². The van der Waals surface area contributed by atoms with E-state index in [-0.39, 0.29) is 0 Å². The highest BCUT2D eigenvalue weighted by atomic mass is 16.2. The van der Waals surface area contributed by atoms with Crippen molar-refractivity contribution >= 4 is 0 Å². The van der Waals surface area contributed by atoms with Gasteiger partial charge in [0.1, 0.15) is 0 Å². The molecule has 0 atom stereocenters. The van der Waals surface area contributed by atoms with E-state index in [4.69, 9.17) is 5.11 Å². The zero-order valence-corrected chi connectivity index (χ0v) is 23.9. The Hall–Kier alpha value is -0.0800. The van der Waals surface area contributed by atoms with Crippen molar-refractivity contribution in [1.29, 1.82) is 0 Å². The average molecular weight is 482 g/mol. The van der Waals surface area contributed by atoms with Gasteiger partial charge in [-0.25, -0.2) is 0 Å². The zero-order chi connectivity index (χ0) is 24.6.